The molecular formula is C12H9N5S. The maximum atomic E-state index is 4.68. The van der Waals surface area contributed by atoms with Gasteiger partial charge >= 0.3 is 0 Å². The summed E-state index contributed by atoms with van der Waals surface area (Å²) in [6, 6.07) is 1.82. The van der Waals surface area contributed by atoms with Crippen molar-refractivity contribution in [1.82, 2.24) is 25.1 Å². The Balaban J connectivity index is 1.69. The number of hydrogen-bond acceptors (Lipinski definition) is 5. The monoisotopic (exact) mass is 255 g/mol. The van der Waals surface area contributed by atoms with Gasteiger partial charge in [0.2, 0.25) is 0 Å². The van der Waals surface area contributed by atoms with Gasteiger partial charge in [-0.15, -0.1) is 11.3 Å². The molecule has 3 heterocycles. The molecule has 0 aromatic carbocycles. The van der Waals surface area contributed by atoms with E-state index in [0.29, 0.717) is 6.42 Å². The van der Waals surface area contributed by atoms with Crippen molar-refractivity contribution in [2.24, 2.45) is 0 Å². The third-order valence-electron chi connectivity index (χ3n) is 2.98. The Hall–Kier alpha value is -2.08. The van der Waals surface area contributed by atoms with Gasteiger partial charge in [-0.25, -0.2) is 15.0 Å². The molecular weight excluding hydrogens is 246 g/mol. The number of nitrogens with one attached hydrogen (secondary N) is 1. The molecule has 0 radical (unpaired) electrons. The molecule has 3 aromatic heterocycles. The number of hydrogen-bond donors (Lipinski definition) is 1. The Morgan fingerprint density at radius 3 is 3.06 bits per heavy atom. The second-order valence-corrected chi connectivity index (χ2v) is 5.33. The van der Waals surface area contributed by atoms with Gasteiger partial charge in [-0.3, -0.25) is 5.10 Å². The Labute approximate surface area is 107 Å². The zero-order valence-corrected chi connectivity index (χ0v) is 10.2. The normalized spacial score (nSPS) is 12.4. The van der Waals surface area contributed by atoms with Gasteiger partial charge in [-0.1, -0.05) is 0 Å². The first-order chi connectivity index (χ1) is 8.90. The van der Waals surface area contributed by atoms with Crippen molar-refractivity contribution in [3.8, 4) is 11.3 Å². The number of nitrogens with zero attached hydrogens (tertiary/aromatic N) is 4. The van der Waals surface area contributed by atoms with Gasteiger partial charge in [0.1, 0.15) is 10.8 Å². The van der Waals surface area contributed by atoms with Crippen LogP contribution < -0.4 is 0 Å². The number of H-pyrrole nitrogens is 1. The summed E-state index contributed by atoms with van der Waals surface area (Å²) < 4.78 is 0. The van der Waals surface area contributed by atoms with Crippen molar-refractivity contribution in [2.75, 3.05) is 0 Å². The second kappa shape index (κ2) is 3.71. The zero-order chi connectivity index (χ0) is 11.9. The van der Waals surface area contributed by atoms with Crippen molar-refractivity contribution in [1.29, 1.82) is 0 Å². The lowest BCUT2D eigenvalue weighted by Gasteiger charge is -1.95. The van der Waals surface area contributed by atoms with Crippen molar-refractivity contribution < 1.29 is 0 Å². The van der Waals surface area contributed by atoms with Crippen LogP contribution in [0, 0.1) is 0 Å². The third kappa shape index (κ3) is 1.46. The molecule has 0 bridgehead atoms. The van der Waals surface area contributed by atoms with Crippen LogP contribution in [0.1, 0.15) is 21.4 Å². The summed E-state index contributed by atoms with van der Waals surface area (Å²) in [6.45, 7) is 0. The molecule has 1 aliphatic carbocycles. The number of aromatic nitrogens is 5. The molecule has 0 saturated carbocycles. The van der Waals surface area contributed by atoms with Gasteiger partial charge in [0, 0.05) is 34.9 Å². The van der Waals surface area contributed by atoms with Gasteiger partial charge in [0.15, 0.2) is 0 Å². The summed E-state index contributed by atoms with van der Waals surface area (Å²) in [4.78, 5) is 14.4. The molecule has 1 aliphatic rings. The number of thiazole rings is 1. The molecule has 0 saturated heterocycles. The molecule has 4 rings (SSSR count). The first kappa shape index (κ1) is 9.90. The summed E-state index contributed by atoms with van der Waals surface area (Å²) in [7, 11) is 0. The SMILES string of the molecule is c1cnc(Cc2nc3c(s2)Cc2[nH]ncc2-3)nc1. The zero-order valence-electron chi connectivity index (χ0n) is 9.42. The molecule has 5 nitrogen and oxygen atoms in total. The van der Waals surface area contributed by atoms with Crippen LogP contribution in [0.3, 0.4) is 0 Å². The van der Waals surface area contributed by atoms with Gasteiger partial charge in [0.05, 0.1) is 18.3 Å². The predicted molar refractivity (Wildman–Crippen MR) is 67.3 cm³/mol. The van der Waals surface area contributed by atoms with Crippen LogP contribution in [0.4, 0.5) is 0 Å². The summed E-state index contributed by atoms with van der Waals surface area (Å²) in [5.41, 5.74) is 3.39. The summed E-state index contributed by atoms with van der Waals surface area (Å²) in [6.07, 6.45) is 6.99. The minimum absolute atomic E-state index is 0.700. The van der Waals surface area contributed by atoms with E-state index >= 15 is 0 Å². The lowest BCUT2D eigenvalue weighted by molar-refractivity contribution is 0.958. The fourth-order valence-electron chi connectivity index (χ4n) is 2.18. The predicted octanol–water partition coefficient (Wildman–Crippen LogP) is 1.82. The number of rotatable bonds is 2. The van der Waals surface area contributed by atoms with E-state index in [9.17, 15) is 0 Å². The Kier molecular flexibility index (Phi) is 2.04. The smallest absolute Gasteiger partial charge is 0.134 e. The van der Waals surface area contributed by atoms with Gasteiger partial charge in [-0.05, 0) is 6.07 Å². The molecule has 0 amide bonds. The van der Waals surface area contributed by atoms with Crippen LogP contribution in [-0.2, 0) is 12.8 Å². The molecule has 0 atom stereocenters. The van der Waals surface area contributed by atoms with Crippen molar-refractivity contribution in [2.45, 2.75) is 12.8 Å². The highest BCUT2D eigenvalue weighted by atomic mass is 32.1. The van der Waals surface area contributed by atoms with Crippen LogP contribution in [0.2, 0.25) is 0 Å². The summed E-state index contributed by atoms with van der Waals surface area (Å²) >= 11 is 1.74. The van der Waals surface area contributed by atoms with Crippen LogP contribution in [0.15, 0.2) is 24.7 Å². The Morgan fingerprint density at radius 1 is 1.28 bits per heavy atom. The molecule has 18 heavy (non-hydrogen) atoms. The Morgan fingerprint density at radius 2 is 2.17 bits per heavy atom. The van der Waals surface area contributed by atoms with E-state index in [1.54, 1.807) is 23.7 Å². The van der Waals surface area contributed by atoms with Crippen molar-refractivity contribution in [3.05, 3.63) is 46.1 Å². The first-order valence-electron chi connectivity index (χ1n) is 5.67. The van der Waals surface area contributed by atoms with Gasteiger partial charge in [0.25, 0.3) is 0 Å². The highest BCUT2D eigenvalue weighted by Gasteiger charge is 2.24. The summed E-state index contributed by atoms with van der Waals surface area (Å²) in [5, 5.41) is 8.13. The van der Waals surface area contributed by atoms with E-state index in [1.165, 1.54) is 10.6 Å². The molecule has 0 spiro atoms. The van der Waals surface area contributed by atoms with Gasteiger partial charge in [-0.2, -0.15) is 5.10 Å². The van der Waals surface area contributed by atoms with E-state index in [2.05, 4.69) is 25.1 Å². The van der Waals surface area contributed by atoms with E-state index in [1.807, 2.05) is 12.3 Å². The Bertz CT molecular complexity index is 700. The van der Waals surface area contributed by atoms with E-state index in [4.69, 9.17) is 0 Å². The molecule has 6 heteroatoms. The minimum Gasteiger partial charge on any atom is -0.281 e. The van der Waals surface area contributed by atoms with Gasteiger partial charge < -0.3 is 0 Å². The maximum Gasteiger partial charge on any atom is 0.134 e. The molecule has 0 unspecified atom stereocenters. The second-order valence-electron chi connectivity index (χ2n) is 4.16. The summed E-state index contributed by atoms with van der Waals surface area (Å²) in [5.74, 6) is 0.817. The standard InChI is InChI=1S/C12H9N5S/c1-2-13-10(14-3-1)5-11-16-12-7-6-15-17-8(7)4-9(12)18-11/h1-3,6H,4-5H2,(H,15,17). The van der Waals surface area contributed by atoms with Crippen LogP contribution in [0.5, 0.6) is 0 Å². The molecule has 1 N–H and O–H groups in total. The molecule has 0 fully saturated rings. The van der Waals surface area contributed by atoms with E-state index < -0.39 is 0 Å². The minimum atomic E-state index is 0.700. The average molecular weight is 255 g/mol. The highest BCUT2D eigenvalue weighted by molar-refractivity contribution is 7.12. The largest absolute Gasteiger partial charge is 0.281 e. The van der Waals surface area contributed by atoms with E-state index in [0.717, 1.165) is 28.5 Å². The topological polar surface area (TPSA) is 67.3 Å². The maximum absolute atomic E-state index is 4.68. The van der Waals surface area contributed by atoms with Crippen LogP contribution in [-0.4, -0.2) is 25.1 Å². The quantitative estimate of drug-likeness (QED) is 0.593. The van der Waals surface area contributed by atoms with Crippen molar-refractivity contribution in [3.63, 3.8) is 0 Å². The van der Waals surface area contributed by atoms with Crippen LogP contribution >= 0.6 is 11.3 Å². The number of aromatic amines is 1. The highest BCUT2D eigenvalue weighted by Crippen LogP contribution is 2.38. The molecule has 0 aliphatic heterocycles. The first-order valence-corrected chi connectivity index (χ1v) is 6.49. The fraction of sp³-hybridized carbons (Fsp3) is 0.167. The molecule has 3 aromatic rings. The average Bonchev–Trinajstić information content (AvgIpc) is 3.02. The molecule has 88 valence electrons. The lowest BCUT2D eigenvalue weighted by atomic mass is 10.3. The third-order valence-corrected chi connectivity index (χ3v) is 4.04. The van der Waals surface area contributed by atoms with E-state index in [-0.39, 0.29) is 0 Å². The van der Waals surface area contributed by atoms with Crippen LogP contribution in [0.25, 0.3) is 11.3 Å². The van der Waals surface area contributed by atoms with Crippen molar-refractivity contribution >= 4 is 11.3 Å². The number of fused-ring (bicyclic) bond motifs is 3. The lowest BCUT2D eigenvalue weighted by Crippen LogP contribution is -1.94. The fourth-order valence-corrected chi connectivity index (χ4v) is 3.27.